The SMILES string of the molecule is CCN(C(=O)C(C)C)C1CCN(c2nc3cc(F)c(F)cc3nc2N(C)Cc2ccccc2)C1. The third kappa shape index (κ3) is 4.81. The van der Waals surface area contributed by atoms with Crippen molar-refractivity contribution in [2.75, 3.05) is 36.5 Å². The lowest BCUT2D eigenvalue weighted by Crippen LogP contribution is -2.44. The lowest BCUT2D eigenvalue weighted by Gasteiger charge is -2.30. The van der Waals surface area contributed by atoms with Gasteiger partial charge in [0, 0.05) is 51.3 Å². The van der Waals surface area contributed by atoms with Crippen LogP contribution in [0.3, 0.4) is 0 Å². The molecule has 0 spiro atoms. The van der Waals surface area contributed by atoms with Gasteiger partial charge in [-0.2, -0.15) is 0 Å². The van der Waals surface area contributed by atoms with Gasteiger partial charge in [0.25, 0.3) is 0 Å². The fourth-order valence-electron chi connectivity index (χ4n) is 4.55. The molecule has 8 heteroatoms. The van der Waals surface area contributed by atoms with Crippen LogP contribution in [0.25, 0.3) is 11.0 Å². The highest BCUT2D eigenvalue weighted by Gasteiger charge is 2.33. The Balaban J connectivity index is 1.71. The van der Waals surface area contributed by atoms with E-state index >= 15 is 0 Å². The second kappa shape index (κ2) is 9.91. The van der Waals surface area contributed by atoms with Crippen molar-refractivity contribution in [3.63, 3.8) is 0 Å². The first kappa shape index (κ1) is 23.9. The zero-order chi connectivity index (χ0) is 24.4. The van der Waals surface area contributed by atoms with E-state index < -0.39 is 11.6 Å². The average Bonchev–Trinajstić information content (AvgIpc) is 3.30. The Morgan fingerprint density at radius 3 is 2.38 bits per heavy atom. The third-order valence-electron chi connectivity index (χ3n) is 6.32. The topological polar surface area (TPSA) is 52.6 Å². The average molecular weight is 468 g/mol. The molecule has 1 amide bonds. The first-order valence-electron chi connectivity index (χ1n) is 11.8. The third-order valence-corrected chi connectivity index (χ3v) is 6.32. The number of benzene rings is 2. The molecule has 1 aliphatic rings. The van der Waals surface area contributed by atoms with E-state index in [2.05, 4.69) is 4.90 Å². The molecule has 1 atom stereocenters. The van der Waals surface area contributed by atoms with E-state index in [-0.39, 0.29) is 17.9 Å². The van der Waals surface area contributed by atoms with Crippen molar-refractivity contribution in [1.82, 2.24) is 14.9 Å². The molecule has 34 heavy (non-hydrogen) atoms. The molecule has 1 aliphatic heterocycles. The minimum Gasteiger partial charge on any atom is -0.352 e. The van der Waals surface area contributed by atoms with Gasteiger partial charge in [0.15, 0.2) is 23.3 Å². The normalized spacial score (nSPS) is 15.9. The number of carbonyl (C=O) groups excluding carboxylic acids is 1. The van der Waals surface area contributed by atoms with Crippen LogP contribution in [0.5, 0.6) is 0 Å². The molecule has 3 aromatic rings. The Bertz CT molecular complexity index is 1170. The number of hydrogen-bond donors (Lipinski definition) is 0. The van der Waals surface area contributed by atoms with E-state index in [1.165, 1.54) is 0 Å². The summed E-state index contributed by atoms with van der Waals surface area (Å²) in [7, 11) is 1.92. The lowest BCUT2D eigenvalue weighted by atomic mass is 10.1. The number of carbonyl (C=O) groups is 1. The standard InChI is InChI=1S/C26H31F2N5O/c1-5-33(26(34)17(2)3)19-11-12-32(16-19)25-24(31(4)15-18-9-7-6-8-10-18)29-22-13-20(27)21(28)14-23(22)30-25/h6-10,13-14,17,19H,5,11-12,15-16H2,1-4H3. The van der Waals surface area contributed by atoms with Crippen molar-refractivity contribution in [3.8, 4) is 0 Å². The van der Waals surface area contributed by atoms with Crippen LogP contribution >= 0.6 is 0 Å². The first-order valence-corrected chi connectivity index (χ1v) is 11.8. The van der Waals surface area contributed by atoms with Gasteiger partial charge in [0.1, 0.15) is 0 Å². The van der Waals surface area contributed by atoms with E-state index in [0.29, 0.717) is 48.8 Å². The lowest BCUT2D eigenvalue weighted by molar-refractivity contribution is -0.136. The zero-order valence-corrected chi connectivity index (χ0v) is 20.1. The number of rotatable bonds is 7. The molecular weight excluding hydrogens is 436 g/mol. The first-order chi connectivity index (χ1) is 16.3. The van der Waals surface area contributed by atoms with Crippen molar-refractivity contribution in [1.29, 1.82) is 0 Å². The molecule has 0 N–H and O–H groups in total. The highest BCUT2D eigenvalue weighted by Crippen LogP contribution is 2.32. The number of halogens is 2. The predicted molar refractivity (Wildman–Crippen MR) is 131 cm³/mol. The van der Waals surface area contributed by atoms with Gasteiger partial charge in [-0.05, 0) is 18.9 Å². The van der Waals surface area contributed by atoms with Crippen LogP contribution < -0.4 is 9.80 Å². The van der Waals surface area contributed by atoms with Gasteiger partial charge in [0.05, 0.1) is 17.1 Å². The second-order valence-electron chi connectivity index (χ2n) is 9.13. The smallest absolute Gasteiger partial charge is 0.225 e. The predicted octanol–water partition coefficient (Wildman–Crippen LogP) is 4.63. The minimum atomic E-state index is -0.947. The maximum Gasteiger partial charge on any atom is 0.225 e. The summed E-state index contributed by atoms with van der Waals surface area (Å²) in [5.41, 5.74) is 1.71. The maximum absolute atomic E-state index is 14.0. The van der Waals surface area contributed by atoms with E-state index in [4.69, 9.17) is 9.97 Å². The number of anilines is 2. The second-order valence-corrected chi connectivity index (χ2v) is 9.13. The maximum atomic E-state index is 14.0. The summed E-state index contributed by atoms with van der Waals surface area (Å²) in [4.78, 5) is 28.2. The largest absolute Gasteiger partial charge is 0.352 e. The molecule has 6 nitrogen and oxygen atoms in total. The quantitative estimate of drug-likeness (QED) is 0.507. The molecule has 1 aromatic heterocycles. The fourth-order valence-corrected chi connectivity index (χ4v) is 4.55. The molecule has 1 saturated heterocycles. The van der Waals surface area contributed by atoms with Gasteiger partial charge in [0.2, 0.25) is 5.91 Å². The summed E-state index contributed by atoms with van der Waals surface area (Å²) < 4.78 is 27.9. The molecule has 0 saturated carbocycles. The van der Waals surface area contributed by atoms with Crippen molar-refractivity contribution in [3.05, 3.63) is 59.7 Å². The molecule has 0 bridgehead atoms. The van der Waals surface area contributed by atoms with Gasteiger partial charge in [-0.3, -0.25) is 4.79 Å². The Labute approximate surface area is 199 Å². The number of aromatic nitrogens is 2. The molecule has 0 aliphatic carbocycles. The summed E-state index contributed by atoms with van der Waals surface area (Å²) >= 11 is 0. The number of fused-ring (bicyclic) bond motifs is 1. The molecule has 180 valence electrons. The van der Waals surface area contributed by atoms with Crippen LogP contribution in [0.4, 0.5) is 20.4 Å². The fraction of sp³-hybridized carbons (Fsp3) is 0.423. The van der Waals surface area contributed by atoms with Crippen molar-refractivity contribution in [2.45, 2.75) is 39.8 Å². The van der Waals surface area contributed by atoms with Crippen LogP contribution in [0, 0.1) is 17.6 Å². The van der Waals surface area contributed by atoms with Gasteiger partial charge in [-0.15, -0.1) is 0 Å². The van der Waals surface area contributed by atoms with Gasteiger partial charge in [-0.1, -0.05) is 44.2 Å². The monoisotopic (exact) mass is 467 g/mol. The van der Waals surface area contributed by atoms with Crippen LogP contribution in [0.2, 0.25) is 0 Å². The van der Waals surface area contributed by atoms with E-state index in [0.717, 1.165) is 24.1 Å². The summed E-state index contributed by atoms with van der Waals surface area (Å²) in [6.45, 7) is 8.36. The highest BCUT2D eigenvalue weighted by molar-refractivity contribution is 5.82. The number of nitrogens with zero attached hydrogens (tertiary/aromatic N) is 5. The summed E-state index contributed by atoms with van der Waals surface area (Å²) in [5.74, 6) is -0.609. The van der Waals surface area contributed by atoms with Crippen LogP contribution in [-0.4, -0.2) is 53.5 Å². The summed E-state index contributed by atoms with van der Waals surface area (Å²) in [5, 5.41) is 0. The zero-order valence-electron chi connectivity index (χ0n) is 20.1. The Hall–Kier alpha value is -3.29. The Morgan fingerprint density at radius 1 is 1.12 bits per heavy atom. The van der Waals surface area contributed by atoms with Crippen molar-refractivity contribution in [2.24, 2.45) is 5.92 Å². The number of likely N-dealkylation sites (N-methyl/N-ethyl adjacent to an activating group) is 1. The molecule has 2 heterocycles. The van der Waals surface area contributed by atoms with Crippen LogP contribution in [0.1, 0.15) is 32.8 Å². The van der Waals surface area contributed by atoms with E-state index in [1.807, 2.05) is 68.0 Å². The number of hydrogen-bond acceptors (Lipinski definition) is 5. The van der Waals surface area contributed by atoms with Gasteiger partial charge in [-0.25, -0.2) is 18.7 Å². The minimum absolute atomic E-state index is 0.0645. The van der Waals surface area contributed by atoms with Gasteiger partial charge >= 0.3 is 0 Å². The van der Waals surface area contributed by atoms with E-state index in [1.54, 1.807) is 0 Å². The Morgan fingerprint density at radius 2 is 1.76 bits per heavy atom. The van der Waals surface area contributed by atoms with Crippen LogP contribution in [-0.2, 0) is 11.3 Å². The molecule has 1 unspecified atom stereocenters. The van der Waals surface area contributed by atoms with E-state index in [9.17, 15) is 13.6 Å². The molecule has 2 aromatic carbocycles. The van der Waals surface area contributed by atoms with Crippen LogP contribution in [0.15, 0.2) is 42.5 Å². The molecule has 1 fully saturated rings. The van der Waals surface area contributed by atoms with Gasteiger partial charge < -0.3 is 14.7 Å². The summed E-state index contributed by atoms with van der Waals surface area (Å²) in [6.07, 6.45) is 0.811. The molecule has 0 radical (unpaired) electrons. The molecule has 4 rings (SSSR count). The molecular formula is C26H31F2N5O. The number of amides is 1. The Kier molecular flexibility index (Phi) is 6.95. The highest BCUT2D eigenvalue weighted by atomic mass is 19.2. The summed E-state index contributed by atoms with van der Waals surface area (Å²) in [6, 6.07) is 12.2. The van der Waals surface area contributed by atoms with Crippen molar-refractivity contribution >= 4 is 28.6 Å². The van der Waals surface area contributed by atoms with Crippen molar-refractivity contribution < 1.29 is 13.6 Å².